The van der Waals surface area contributed by atoms with Crippen molar-refractivity contribution in [3.63, 3.8) is 0 Å². The van der Waals surface area contributed by atoms with Gasteiger partial charge in [0.1, 0.15) is 5.75 Å². The minimum Gasteiger partial charge on any atom is -0.497 e. The minimum atomic E-state index is -0.0912. The normalized spacial score (nSPS) is 15.1. The molecular weight excluding hydrogens is 238 g/mol. The lowest BCUT2D eigenvalue weighted by Gasteiger charge is -2.29. The third-order valence-corrected chi connectivity index (χ3v) is 3.50. The lowest BCUT2D eigenvalue weighted by atomic mass is 9.98. The van der Waals surface area contributed by atoms with E-state index in [1.165, 1.54) is 5.56 Å². The first-order valence-electron chi connectivity index (χ1n) is 6.83. The molecular formula is C16H27NO2. The Morgan fingerprint density at radius 1 is 1.11 bits per heavy atom. The predicted molar refractivity (Wildman–Crippen MR) is 79.7 cm³/mol. The van der Waals surface area contributed by atoms with E-state index in [9.17, 15) is 0 Å². The van der Waals surface area contributed by atoms with E-state index in [1.54, 1.807) is 14.2 Å². The smallest absolute Gasteiger partial charge is 0.118 e. The van der Waals surface area contributed by atoms with Gasteiger partial charge in [-0.2, -0.15) is 0 Å². The molecule has 0 aliphatic rings. The molecule has 108 valence electrons. The molecule has 0 saturated carbocycles. The lowest BCUT2D eigenvalue weighted by Crippen LogP contribution is -2.36. The summed E-state index contributed by atoms with van der Waals surface area (Å²) in [5.74, 6) is 0.893. The van der Waals surface area contributed by atoms with Gasteiger partial charge in [-0.05, 0) is 51.8 Å². The minimum absolute atomic E-state index is 0.0912. The Bertz CT molecular complexity index is 373. The van der Waals surface area contributed by atoms with Gasteiger partial charge in [-0.1, -0.05) is 12.1 Å². The van der Waals surface area contributed by atoms with E-state index in [1.807, 2.05) is 12.1 Å². The first-order chi connectivity index (χ1) is 8.88. The summed E-state index contributed by atoms with van der Waals surface area (Å²) >= 11 is 0. The van der Waals surface area contributed by atoms with E-state index in [2.05, 4.69) is 45.1 Å². The zero-order chi connectivity index (χ0) is 14.5. The molecule has 3 nitrogen and oxygen atoms in total. The Kier molecular flexibility index (Phi) is 5.83. The van der Waals surface area contributed by atoms with Crippen molar-refractivity contribution in [2.75, 3.05) is 14.2 Å². The molecule has 0 bridgehead atoms. The fraction of sp³-hybridized carbons (Fsp3) is 0.625. The van der Waals surface area contributed by atoms with Crippen LogP contribution in [0.25, 0.3) is 0 Å². The van der Waals surface area contributed by atoms with E-state index in [0.29, 0.717) is 12.1 Å². The van der Waals surface area contributed by atoms with E-state index in [-0.39, 0.29) is 5.60 Å². The number of methoxy groups -OCH3 is 2. The van der Waals surface area contributed by atoms with Crippen LogP contribution < -0.4 is 10.1 Å². The van der Waals surface area contributed by atoms with Crippen LogP contribution in [0.3, 0.4) is 0 Å². The molecule has 1 aromatic carbocycles. The highest BCUT2D eigenvalue weighted by atomic mass is 16.5. The zero-order valence-electron chi connectivity index (χ0n) is 13.0. The van der Waals surface area contributed by atoms with Crippen LogP contribution in [0.2, 0.25) is 0 Å². The molecule has 0 saturated heterocycles. The summed E-state index contributed by atoms with van der Waals surface area (Å²) in [5.41, 5.74) is 1.18. The highest BCUT2D eigenvalue weighted by Gasteiger charge is 2.21. The number of rotatable bonds is 7. The molecule has 19 heavy (non-hydrogen) atoms. The molecule has 2 atom stereocenters. The predicted octanol–water partition coefficient (Wildman–Crippen LogP) is 3.55. The molecule has 1 N–H and O–H groups in total. The average Bonchev–Trinajstić information content (AvgIpc) is 2.38. The van der Waals surface area contributed by atoms with Crippen molar-refractivity contribution in [2.45, 2.75) is 51.8 Å². The van der Waals surface area contributed by atoms with Gasteiger partial charge in [-0.15, -0.1) is 0 Å². The van der Waals surface area contributed by atoms with Gasteiger partial charge < -0.3 is 14.8 Å². The largest absolute Gasteiger partial charge is 0.497 e. The topological polar surface area (TPSA) is 30.5 Å². The van der Waals surface area contributed by atoms with Crippen molar-refractivity contribution in [3.8, 4) is 5.75 Å². The van der Waals surface area contributed by atoms with Crippen LogP contribution in [0.1, 0.15) is 45.7 Å². The summed E-state index contributed by atoms with van der Waals surface area (Å²) in [5, 5.41) is 3.60. The molecule has 0 aromatic heterocycles. The zero-order valence-corrected chi connectivity index (χ0v) is 13.0. The monoisotopic (exact) mass is 265 g/mol. The van der Waals surface area contributed by atoms with E-state index in [4.69, 9.17) is 9.47 Å². The third kappa shape index (κ3) is 5.21. The van der Waals surface area contributed by atoms with Crippen molar-refractivity contribution in [1.82, 2.24) is 5.32 Å². The summed E-state index contributed by atoms with van der Waals surface area (Å²) in [7, 11) is 3.45. The van der Waals surface area contributed by atoms with Crippen LogP contribution in [0.4, 0.5) is 0 Å². The standard InChI is InChI=1S/C16H27NO2/c1-12(11-16(3,4)19-6)17-13(2)14-7-9-15(18-5)10-8-14/h7-10,12-13,17H,11H2,1-6H3/t12?,13-/m1/s1. The first kappa shape index (κ1) is 16.0. The van der Waals surface area contributed by atoms with Crippen LogP contribution in [0.5, 0.6) is 5.75 Å². The molecule has 0 spiro atoms. The van der Waals surface area contributed by atoms with Crippen LogP contribution in [0.15, 0.2) is 24.3 Å². The highest BCUT2D eigenvalue weighted by molar-refractivity contribution is 5.28. The number of nitrogens with one attached hydrogen (secondary N) is 1. The van der Waals surface area contributed by atoms with Crippen molar-refractivity contribution >= 4 is 0 Å². The number of hydrogen-bond donors (Lipinski definition) is 1. The Morgan fingerprint density at radius 2 is 1.68 bits per heavy atom. The van der Waals surface area contributed by atoms with Gasteiger partial charge in [0.15, 0.2) is 0 Å². The second-order valence-electron chi connectivity index (χ2n) is 5.73. The van der Waals surface area contributed by atoms with Gasteiger partial charge in [0.25, 0.3) is 0 Å². The molecule has 0 fully saturated rings. The maximum atomic E-state index is 5.47. The molecule has 0 aliphatic heterocycles. The summed E-state index contributed by atoms with van der Waals surface area (Å²) < 4.78 is 10.6. The Hall–Kier alpha value is -1.06. The lowest BCUT2D eigenvalue weighted by molar-refractivity contribution is 0.00782. The molecule has 0 amide bonds. The second kappa shape index (κ2) is 6.92. The van der Waals surface area contributed by atoms with Crippen molar-refractivity contribution in [3.05, 3.63) is 29.8 Å². The molecule has 1 aromatic rings. The number of ether oxygens (including phenoxy) is 2. The average molecular weight is 265 g/mol. The molecule has 3 heteroatoms. The third-order valence-electron chi connectivity index (χ3n) is 3.50. The molecule has 0 heterocycles. The van der Waals surface area contributed by atoms with Gasteiger partial charge in [-0.25, -0.2) is 0 Å². The first-order valence-corrected chi connectivity index (χ1v) is 6.83. The fourth-order valence-corrected chi connectivity index (χ4v) is 2.30. The molecule has 0 radical (unpaired) electrons. The molecule has 1 unspecified atom stereocenters. The van der Waals surface area contributed by atoms with Crippen molar-refractivity contribution < 1.29 is 9.47 Å². The summed E-state index contributed by atoms with van der Waals surface area (Å²) in [6, 6.07) is 8.91. The van der Waals surface area contributed by atoms with E-state index >= 15 is 0 Å². The van der Waals surface area contributed by atoms with Gasteiger partial charge in [0, 0.05) is 19.2 Å². The fourth-order valence-electron chi connectivity index (χ4n) is 2.30. The van der Waals surface area contributed by atoms with Gasteiger partial charge in [0.05, 0.1) is 12.7 Å². The maximum absolute atomic E-state index is 5.47. The quantitative estimate of drug-likeness (QED) is 0.818. The Labute approximate surface area is 117 Å². The highest BCUT2D eigenvalue weighted by Crippen LogP contribution is 2.20. The Balaban J connectivity index is 2.55. The van der Waals surface area contributed by atoms with Crippen molar-refractivity contribution in [1.29, 1.82) is 0 Å². The van der Waals surface area contributed by atoms with Crippen LogP contribution in [-0.2, 0) is 4.74 Å². The van der Waals surface area contributed by atoms with Crippen LogP contribution in [0, 0.1) is 0 Å². The Morgan fingerprint density at radius 3 is 2.16 bits per heavy atom. The van der Waals surface area contributed by atoms with Crippen molar-refractivity contribution in [2.24, 2.45) is 0 Å². The van der Waals surface area contributed by atoms with E-state index in [0.717, 1.165) is 12.2 Å². The van der Waals surface area contributed by atoms with Gasteiger partial charge in [-0.3, -0.25) is 0 Å². The van der Waals surface area contributed by atoms with E-state index < -0.39 is 0 Å². The summed E-state index contributed by atoms with van der Waals surface area (Å²) in [4.78, 5) is 0. The van der Waals surface area contributed by atoms with Gasteiger partial charge in [0.2, 0.25) is 0 Å². The van der Waals surface area contributed by atoms with Crippen LogP contribution in [-0.4, -0.2) is 25.9 Å². The number of benzene rings is 1. The van der Waals surface area contributed by atoms with Crippen LogP contribution >= 0.6 is 0 Å². The maximum Gasteiger partial charge on any atom is 0.118 e. The second-order valence-corrected chi connectivity index (χ2v) is 5.73. The summed E-state index contributed by atoms with van der Waals surface area (Å²) in [6.45, 7) is 8.60. The van der Waals surface area contributed by atoms with Gasteiger partial charge >= 0.3 is 0 Å². The number of hydrogen-bond acceptors (Lipinski definition) is 3. The molecule has 1 rings (SSSR count). The SMILES string of the molecule is COc1ccc([C@@H](C)NC(C)CC(C)(C)OC)cc1. The molecule has 0 aliphatic carbocycles. The summed E-state index contributed by atoms with van der Waals surface area (Å²) in [6.07, 6.45) is 0.976.